The number of anilines is 1. The summed E-state index contributed by atoms with van der Waals surface area (Å²) in [6.45, 7) is 7.83. The lowest BCUT2D eigenvalue weighted by atomic mass is 9.89. The second kappa shape index (κ2) is 10.1. The standard InChI is InChI=1S/C25H23F2NO3.C2H6/c1-15-19(11-8-17-12-13-25(2,14-29)31-23(15)17)16-6-9-18(10-7-16)28-24(30)22-20(26)4-3-5-21(22)27;1-2/h3-11,29H,12-14H2,1-2H3,(H,28,30);1-2H3. The molecular formula is C27H29F2NO3. The molecule has 1 aliphatic heterocycles. The third-order valence-corrected chi connectivity index (χ3v) is 5.74. The van der Waals surface area contributed by atoms with Crippen LogP contribution in [0.2, 0.25) is 0 Å². The monoisotopic (exact) mass is 453 g/mol. The molecule has 0 fully saturated rings. The number of nitrogens with one attached hydrogen (secondary N) is 1. The van der Waals surface area contributed by atoms with E-state index in [9.17, 15) is 18.7 Å². The topological polar surface area (TPSA) is 58.6 Å². The average molecular weight is 454 g/mol. The lowest BCUT2D eigenvalue weighted by molar-refractivity contribution is 0.00755. The van der Waals surface area contributed by atoms with Crippen LogP contribution < -0.4 is 10.1 Å². The molecule has 1 heterocycles. The lowest BCUT2D eigenvalue weighted by Crippen LogP contribution is -2.40. The van der Waals surface area contributed by atoms with E-state index in [0.717, 1.165) is 53.0 Å². The Balaban J connectivity index is 0.00000149. The third kappa shape index (κ3) is 5.06. The number of aryl methyl sites for hydroxylation is 1. The number of hydrogen-bond donors (Lipinski definition) is 2. The largest absolute Gasteiger partial charge is 0.485 e. The maximum Gasteiger partial charge on any atom is 0.261 e. The van der Waals surface area contributed by atoms with Crippen molar-refractivity contribution in [2.45, 2.75) is 46.1 Å². The van der Waals surface area contributed by atoms with Gasteiger partial charge in [-0.1, -0.05) is 44.2 Å². The SMILES string of the molecule is CC.Cc1c(-c2ccc(NC(=O)c3c(F)cccc3F)cc2)ccc2c1OC(C)(CO)CC2. The summed E-state index contributed by atoms with van der Waals surface area (Å²) in [6.07, 6.45) is 1.59. The van der Waals surface area contributed by atoms with Gasteiger partial charge in [0.25, 0.3) is 5.91 Å². The van der Waals surface area contributed by atoms with Crippen LogP contribution in [-0.2, 0) is 6.42 Å². The van der Waals surface area contributed by atoms with Gasteiger partial charge >= 0.3 is 0 Å². The molecule has 1 unspecified atom stereocenters. The van der Waals surface area contributed by atoms with Crippen molar-refractivity contribution in [3.05, 3.63) is 82.9 Å². The van der Waals surface area contributed by atoms with Crippen LogP contribution in [0.1, 0.15) is 48.7 Å². The van der Waals surface area contributed by atoms with Gasteiger partial charge in [-0.2, -0.15) is 0 Å². The minimum Gasteiger partial charge on any atom is -0.485 e. The number of ether oxygens (including phenoxy) is 1. The van der Waals surface area contributed by atoms with Crippen LogP contribution in [0.15, 0.2) is 54.6 Å². The molecular weight excluding hydrogens is 424 g/mol. The smallest absolute Gasteiger partial charge is 0.261 e. The van der Waals surface area contributed by atoms with Crippen LogP contribution in [0.4, 0.5) is 14.5 Å². The Hall–Kier alpha value is -3.25. The van der Waals surface area contributed by atoms with Crippen molar-refractivity contribution >= 4 is 11.6 Å². The summed E-state index contributed by atoms with van der Waals surface area (Å²) in [6, 6.07) is 14.4. The number of rotatable bonds is 4. The molecule has 3 aromatic carbocycles. The van der Waals surface area contributed by atoms with Gasteiger partial charge in [-0.15, -0.1) is 0 Å². The van der Waals surface area contributed by atoms with Crippen molar-refractivity contribution in [2.75, 3.05) is 11.9 Å². The van der Waals surface area contributed by atoms with E-state index < -0.39 is 28.7 Å². The fourth-order valence-corrected chi connectivity index (χ4v) is 3.85. The molecule has 4 rings (SSSR count). The first kappa shape index (κ1) is 24.4. The molecule has 0 saturated heterocycles. The average Bonchev–Trinajstić information content (AvgIpc) is 2.82. The molecule has 0 radical (unpaired) electrons. The van der Waals surface area contributed by atoms with Gasteiger partial charge < -0.3 is 15.2 Å². The second-order valence-corrected chi connectivity index (χ2v) is 8.06. The number of halogens is 2. The van der Waals surface area contributed by atoms with E-state index in [2.05, 4.69) is 5.32 Å². The number of fused-ring (bicyclic) bond motifs is 1. The summed E-state index contributed by atoms with van der Waals surface area (Å²) in [5.41, 5.74) is 3.20. The molecule has 0 aromatic heterocycles. The molecule has 3 aromatic rings. The molecule has 0 aliphatic carbocycles. The molecule has 1 atom stereocenters. The third-order valence-electron chi connectivity index (χ3n) is 5.74. The zero-order valence-electron chi connectivity index (χ0n) is 19.3. The van der Waals surface area contributed by atoms with Gasteiger partial charge in [0.15, 0.2) is 0 Å². The molecule has 174 valence electrons. The van der Waals surface area contributed by atoms with Crippen LogP contribution in [0, 0.1) is 18.6 Å². The van der Waals surface area contributed by atoms with Gasteiger partial charge in [0.2, 0.25) is 0 Å². The summed E-state index contributed by atoms with van der Waals surface area (Å²) in [5.74, 6) is -1.86. The quantitative estimate of drug-likeness (QED) is 0.488. The Labute approximate surface area is 193 Å². The summed E-state index contributed by atoms with van der Waals surface area (Å²) in [5, 5.41) is 12.2. The number of carbonyl (C=O) groups excluding carboxylic acids is 1. The van der Waals surface area contributed by atoms with E-state index in [1.807, 2.05) is 52.0 Å². The lowest BCUT2D eigenvalue weighted by Gasteiger charge is -2.35. The Morgan fingerprint density at radius 3 is 2.30 bits per heavy atom. The molecule has 1 amide bonds. The first-order valence-corrected chi connectivity index (χ1v) is 11.1. The predicted molar refractivity (Wildman–Crippen MR) is 127 cm³/mol. The van der Waals surface area contributed by atoms with Gasteiger partial charge in [-0.05, 0) is 73.2 Å². The van der Waals surface area contributed by atoms with E-state index >= 15 is 0 Å². The van der Waals surface area contributed by atoms with Crippen LogP contribution >= 0.6 is 0 Å². The zero-order chi connectivity index (χ0) is 24.2. The van der Waals surface area contributed by atoms with E-state index in [1.165, 1.54) is 6.07 Å². The summed E-state index contributed by atoms with van der Waals surface area (Å²) >= 11 is 0. The van der Waals surface area contributed by atoms with Gasteiger partial charge in [-0.25, -0.2) is 8.78 Å². The van der Waals surface area contributed by atoms with Crippen LogP contribution in [0.3, 0.4) is 0 Å². The summed E-state index contributed by atoms with van der Waals surface area (Å²) in [4.78, 5) is 12.3. The highest BCUT2D eigenvalue weighted by Crippen LogP contribution is 2.40. The minimum absolute atomic E-state index is 0.0485. The Morgan fingerprint density at radius 2 is 1.70 bits per heavy atom. The maximum absolute atomic E-state index is 13.8. The molecule has 0 saturated carbocycles. The fourth-order valence-electron chi connectivity index (χ4n) is 3.85. The van der Waals surface area contributed by atoms with Crippen molar-refractivity contribution in [3.63, 3.8) is 0 Å². The highest BCUT2D eigenvalue weighted by Gasteiger charge is 2.32. The van der Waals surface area contributed by atoms with Gasteiger partial charge in [0.1, 0.15) is 28.5 Å². The highest BCUT2D eigenvalue weighted by atomic mass is 19.1. The molecule has 0 bridgehead atoms. The normalized spacial score (nSPS) is 16.7. The summed E-state index contributed by atoms with van der Waals surface area (Å²) in [7, 11) is 0. The van der Waals surface area contributed by atoms with Crippen molar-refractivity contribution in [1.82, 2.24) is 0 Å². The molecule has 0 spiro atoms. The van der Waals surface area contributed by atoms with Gasteiger partial charge in [-0.3, -0.25) is 4.79 Å². The van der Waals surface area contributed by atoms with Gasteiger partial charge in [0.05, 0.1) is 6.61 Å². The highest BCUT2D eigenvalue weighted by molar-refractivity contribution is 6.04. The van der Waals surface area contributed by atoms with Crippen molar-refractivity contribution in [3.8, 4) is 16.9 Å². The number of aliphatic hydroxyl groups excluding tert-OH is 1. The van der Waals surface area contributed by atoms with E-state index in [-0.39, 0.29) is 6.61 Å². The molecule has 2 N–H and O–H groups in total. The first-order chi connectivity index (χ1) is 15.8. The maximum atomic E-state index is 13.8. The van der Waals surface area contributed by atoms with Crippen LogP contribution in [0.25, 0.3) is 11.1 Å². The predicted octanol–water partition coefficient (Wildman–Crippen LogP) is 6.29. The number of hydrogen-bond acceptors (Lipinski definition) is 3. The summed E-state index contributed by atoms with van der Waals surface area (Å²) < 4.78 is 33.8. The van der Waals surface area contributed by atoms with Crippen molar-refractivity contribution in [1.29, 1.82) is 0 Å². The number of carbonyl (C=O) groups is 1. The van der Waals surface area contributed by atoms with Crippen LogP contribution in [0.5, 0.6) is 5.75 Å². The van der Waals surface area contributed by atoms with E-state index in [4.69, 9.17) is 4.74 Å². The van der Waals surface area contributed by atoms with Crippen LogP contribution in [-0.4, -0.2) is 23.2 Å². The fraction of sp³-hybridized carbons (Fsp3) is 0.296. The molecule has 6 heteroatoms. The Bertz CT molecular complexity index is 1120. The number of amides is 1. The second-order valence-electron chi connectivity index (χ2n) is 8.06. The van der Waals surface area contributed by atoms with E-state index in [0.29, 0.717) is 5.69 Å². The minimum atomic E-state index is -0.909. The Morgan fingerprint density at radius 1 is 1.06 bits per heavy atom. The van der Waals surface area contributed by atoms with E-state index in [1.54, 1.807) is 12.1 Å². The number of benzene rings is 3. The first-order valence-electron chi connectivity index (χ1n) is 11.1. The zero-order valence-corrected chi connectivity index (χ0v) is 19.3. The number of aliphatic hydroxyl groups is 1. The molecule has 1 aliphatic rings. The van der Waals surface area contributed by atoms with Crippen molar-refractivity contribution < 1.29 is 23.4 Å². The van der Waals surface area contributed by atoms with Crippen molar-refractivity contribution in [2.24, 2.45) is 0 Å². The van der Waals surface area contributed by atoms with Gasteiger partial charge in [0, 0.05) is 5.69 Å². The molecule has 33 heavy (non-hydrogen) atoms. The Kier molecular flexibility index (Phi) is 7.49. The molecule has 4 nitrogen and oxygen atoms in total.